The molecule has 2 rings (SSSR count). The summed E-state index contributed by atoms with van der Waals surface area (Å²) in [7, 11) is 2.05. The third-order valence-electron chi connectivity index (χ3n) is 3.39. The highest BCUT2D eigenvalue weighted by molar-refractivity contribution is 6.33. The monoisotopic (exact) mass is 289 g/mol. The van der Waals surface area contributed by atoms with Crippen molar-refractivity contribution < 1.29 is 0 Å². The van der Waals surface area contributed by atoms with Gasteiger partial charge in [-0.15, -0.1) is 0 Å². The number of anilines is 1. The Bertz CT molecular complexity index is 555. The summed E-state index contributed by atoms with van der Waals surface area (Å²) in [4.78, 5) is 6.18. The topological polar surface area (TPSA) is 42.1 Å². The first kappa shape index (κ1) is 14.8. The van der Waals surface area contributed by atoms with E-state index in [2.05, 4.69) is 9.88 Å². The van der Waals surface area contributed by atoms with Gasteiger partial charge < -0.3 is 10.6 Å². The van der Waals surface area contributed by atoms with Gasteiger partial charge in [0.25, 0.3) is 0 Å². The molecule has 0 radical (unpaired) electrons. The lowest BCUT2D eigenvalue weighted by Crippen LogP contribution is -2.20. The van der Waals surface area contributed by atoms with E-state index in [1.165, 1.54) is 5.56 Å². The number of benzene rings is 1. The summed E-state index contributed by atoms with van der Waals surface area (Å²) in [6.45, 7) is 2.86. The van der Waals surface area contributed by atoms with E-state index in [1.54, 1.807) is 0 Å². The van der Waals surface area contributed by atoms with E-state index < -0.39 is 0 Å². The van der Waals surface area contributed by atoms with E-state index in [9.17, 15) is 0 Å². The fourth-order valence-corrected chi connectivity index (χ4v) is 2.42. The van der Waals surface area contributed by atoms with Crippen LogP contribution in [0.25, 0.3) is 0 Å². The van der Waals surface area contributed by atoms with E-state index in [0.29, 0.717) is 0 Å². The number of halogens is 1. The molecule has 0 spiro atoms. The highest BCUT2D eigenvalue weighted by atomic mass is 35.5. The van der Waals surface area contributed by atoms with E-state index in [0.717, 1.165) is 29.2 Å². The SMILES string of the molecule is C[C@H](N)c1ccc(N(C)CCc2ccncc2)c(Cl)c1. The Balaban J connectivity index is 2.04. The van der Waals surface area contributed by atoms with Gasteiger partial charge in [0, 0.05) is 32.0 Å². The van der Waals surface area contributed by atoms with Crippen LogP contribution in [0.5, 0.6) is 0 Å². The second-order valence-electron chi connectivity index (χ2n) is 5.03. The van der Waals surface area contributed by atoms with Crippen LogP contribution in [0.15, 0.2) is 42.7 Å². The molecule has 0 unspecified atom stereocenters. The van der Waals surface area contributed by atoms with Gasteiger partial charge >= 0.3 is 0 Å². The van der Waals surface area contributed by atoms with Crippen molar-refractivity contribution in [2.45, 2.75) is 19.4 Å². The fourth-order valence-electron chi connectivity index (χ4n) is 2.08. The van der Waals surface area contributed by atoms with Gasteiger partial charge in [-0.1, -0.05) is 17.7 Å². The number of hydrogen-bond donors (Lipinski definition) is 1. The van der Waals surface area contributed by atoms with Crippen LogP contribution in [-0.4, -0.2) is 18.6 Å². The first-order valence-electron chi connectivity index (χ1n) is 6.73. The summed E-state index contributed by atoms with van der Waals surface area (Å²) in [6.07, 6.45) is 4.60. The second-order valence-corrected chi connectivity index (χ2v) is 5.43. The molecule has 1 heterocycles. The molecule has 106 valence electrons. The molecule has 4 heteroatoms. The van der Waals surface area contributed by atoms with Gasteiger partial charge in [-0.2, -0.15) is 0 Å². The van der Waals surface area contributed by atoms with Gasteiger partial charge in [0.05, 0.1) is 10.7 Å². The Morgan fingerprint density at radius 1 is 1.25 bits per heavy atom. The van der Waals surface area contributed by atoms with Gasteiger partial charge in [0.1, 0.15) is 0 Å². The minimum Gasteiger partial charge on any atom is -0.373 e. The number of pyridine rings is 1. The van der Waals surface area contributed by atoms with E-state index in [1.807, 2.05) is 56.7 Å². The molecule has 20 heavy (non-hydrogen) atoms. The van der Waals surface area contributed by atoms with E-state index in [4.69, 9.17) is 17.3 Å². The number of aromatic nitrogens is 1. The first-order valence-corrected chi connectivity index (χ1v) is 7.11. The molecule has 0 amide bonds. The number of nitrogens with zero attached hydrogens (tertiary/aromatic N) is 2. The molecule has 2 aromatic rings. The summed E-state index contributed by atoms with van der Waals surface area (Å²) in [6, 6.07) is 10.1. The van der Waals surface area contributed by atoms with Crippen molar-refractivity contribution >= 4 is 17.3 Å². The molecule has 0 saturated heterocycles. The lowest BCUT2D eigenvalue weighted by Gasteiger charge is -2.21. The molecular formula is C16H20ClN3. The van der Waals surface area contributed by atoms with Gasteiger partial charge in [-0.25, -0.2) is 0 Å². The summed E-state index contributed by atoms with van der Waals surface area (Å²) < 4.78 is 0. The number of nitrogens with two attached hydrogens (primary N) is 1. The Labute approximate surface area is 125 Å². The summed E-state index contributed by atoms with van der Waals surface area (Å²) in [5, 5.41) is 0.747. The fraction of sp³-hybridized carbons (Fsp3) is 0.312. The average Bonchev–Trinajstić information content (AvgIpc) is 2.45. The molecule has 0 saturated carbocycles. The minimum absolute atomic E-state index is 0.00340. The third kappa shape index (κ3) is 3.71. The van der Waals surface area contributed by atoms with Gasteiger partial charge in [-0.05, 0) is 48.7 Å². The van der Waals surface area contributed by atoms with Gasteiger partial charge in [0.15, 0.2) is 0 Å². The van der Waals surface area contributed by atoms with Crippen molar-refractivity contribution in [1.29, 1.82) is 0 Å². The Morgan fingerprint density at radius 3 is 2.55 bits per heavy atom. The summed E-state index contributed by atoms with van der Waals surface area (Å²) >= 11 is 6.34. The molecule has 1 atom stereocenters. The highest BCUT2D eigenvalue weighted by Crippen LogP contribution is 2.27. The van der Waals surface area contributed by atoms with E-state index in [-0.39, 0.29) is 6.04 Å². The molecule has 3 nitrogen and oxygen atoms in total. The Morgan fingerprint density at radius 2 is 1.95 bits per heavy atom. The molecule has 0 fully saturated rings. The normalized spacial score (nSPS) is 12.2. The zero-order valence-corrected chi connectivity index (χ0v) is 12.6. The number of likely N-dealkylation sites (N-methyl/N-ethyl adjacent to an activating group) is 1. The lowest BCUT2D eigenvalue weighted by molar-refractivity contribution is 0.816. The van der Waals surface area contributed by atoms with Crippen LogP contribution in [0.3, 0.4) is 0 Å². The zero-order chi connectivity index (χ0) is 14.5. The molecule has 0 aliphatic carbocycles. The second kappa shape index (κ2) is 6.73. The van der Waals surface area contributed by atoms with Crippen LogP contribution >= 0.6 is 11.6 Å². The molecule has 0 bridgehead atoms. The van der Waals surface area contributed by atoms with Crippen molar-refractivity contribution in [2.75, 3.05) is 18.5 Å². The Kier molecular flexibility index (Phi) is 4.99. The molecule has 1 aromatic heterocycles. The van der Waals surface area contributed by atoms with Crippen LogP contribution in [0.2, 0.25) is 5.02 Å². The largest absolute Gasteiger partial charge is 0.373 e. The van der Waals surface area contributed by atoms with Crippen LogP contribution in [0.4, 0.5) is 5.69 Å². The molecular weight excluding hydrogens is 270 g/mol. The maximum atomic E-state index is 6.34. The number of rotatable bonds is 5. The minimum atomic E-state index is 0.00340. The van der Waals surface area contributed by atoms with Crippen molar-refractivity contribution in [3.63, 3.8) is 0 Å². The standard InChI is InChI=1S/C16H20ClN3/c1-12(18)14-3-4-16(15(17)11-14)20(2)10-7-13-5-8-19-9-6-13/h3-6,8-9,11-12H,7,10,18H2,1-2H3/t12-/m0/s1. The zero-order valence-electron chi connectivity index (χ0n) is 11.9. The number of hydrogen-bond acceptors (Lipinski definition) is 3. The average molecular weight is 290 g/mol. The smallest absolute Gasteiger partial charge is 0.0642 e. The summed E-state index contributed by atoms with van der Waals surface area (Å²) in [5.41, 5.74) is 9.23. The first-order chi connectivity index (χ1) is 9.58. The van der Waals surface area contributed by atoms with Gasteiger partial charge in [-0.3, -0.25) is 4.98 Å². The summed E-state index contributed by atoms with van der Waals surface area (Å²) in [5.74, 6) is 0. The van der Waals surface area contributed by atoms with Crippen LogP contribution in [0.1, 0.15) is 24.1 Å². The third-order valence-corrected chi connectivity index (χ3v) is 3.70. The van der Waals surface area contributed by atoms with Crippen molar-refractivity contribution in [3.8, 4) is 0 Å². The van der Waals surface area contributed by atoms with Crippen LogP contribution < -0.4 is 10.6 Å². The quantitative estimate of drug-likeness (QED) is 0.917. The van der Waals surface area contributed by atoms with Crippen LogP contribution in [-0.2, 0) is 6.42 Å². The van der Waals surface area contributed by atoms with E-state index >= 15 is 0 Å². The maximum Gasteiger partial charge on any atom is 0.0642 e. The van der Waals surface area contributed by atoms with Crippen molar-refractivity contribution in [2.24, 2.45) is 5.73 Å². The van der Waals surface area contributed by atoms with Gasteiger partial charge in [0.2, 0.25) is 0 Å². The molecule has 0 aliphatic heterocycles. The predicted octanol–water partition coefficient (Wildman–Crippen LogP) is 3.43. The lowest BCUT2D eigenvalue weighted by atomic mass is 10.1. The predicted molar refractivity (Wildman–Crippen MR) is 85.3 cm³/mol. The Hall–Kier alpha value is -1.58. The molecule has 2 N–H and O–H groups in total. The van der Waals surface area contributed by atoms with Crippen molar-refractivity contribution in [1.82, 2.24) is 4.98 Å². The maximum absolute atomic E-state index is 6.34. The van der Waals surface area contributed by atoms with Crippen LogP contribution in [0, 0.1) is 0 Å². The molecule has 1 aromatic carbocycles. The highest BCUT2D eigenvalue weighted by Gasteiger charge is 2.08. The van der Waals surface area contributed by atoms with Crippen molar-refractivity contribution in [3.05, 3.63) is 58.9 Å². The molecule has 0 aliphatic rings.